The van der Waals surface area contributed by atoms with Crippen LogP contribution < -0.4 is 0 Å². The van der Waals surface area contributed by atoms with E-state index in [1.54, 1.807) is 6.07 Å². The molecule has 0 saturated heterocycles. The highest BCUT2D eigenvalue weighted by Gasteiger charge is 2.17. The minimum atomic E-state index is -0.248. The Labute approximate surface area is 78.2 Å². The van der Waals surface area contributed by atoms with Crippen LogP contribution >= 0.6 is 0 Å². The number of benzene rings is 1. The molecule has 0 heterocycles. The molecule has 0 aliphatic heterocycles. The van der Waals surface area contributed by atoms with Crippen molar-refractivity contribution in [2.45, 2.75) is 32.8 Å². The Morgan fingerprint density at radius 1 is 1.31 bits per heavy atom. The summed E-state index contributed by atoms with van der Waals surface area (Å²) in [5.41, 5.74) is 1.55. The van der Waals surface area contributed by atoms with Crippen LogP contribution in [0.2, 0.25) is 0 Å². The molecule has 1 nitrogen and oxygen atoms in total. The smallest absolute Gasteiger partial charge is 0.123 e. The van der Waals surface area contributed by atoms with Crippen molar-refractivity contribution in [3.63, 3.8) is 0 Å². The van der Waals surface area contributed by atoms with Gasteiger partial charge >= 0.3 is 0 Å². The van der Waals surface area contributed by atoms with E-state index in [2.05, 4.69) is 0 Å². The Kier molecular flexibility index (Phi) is 2.71. The van der Waals surface area contributed by atoms with Gasteiger partial charge in [0.15, 0.2) is 0 Å². The largest absolute Gasteiger partial charge is 0.392 e. The third kappa shape index (κ3) is 2.28. The first-order valence-corrected chi connectivity index (χ1v) is 4.35. The van der Waals surface area contributed by atoms with Crippen molar-refractivity contribution in [3.05, 3.63) is 35.1 Å². The molecule has 0 saturated carbocycles. The van der Waals surface area contributed by atoms with E-state index in [1.165, 1.54) is 12.1 Å². The van der Waals surface area contributed by atoms with Crippen LogP contribution in [-0.4, -0.2) is 5.11 Å². The zero-order valence-electron chi connectivity index (χ0n) is 8.26. The molecule has 1 rings (SSSR count). The van der Waals surface area contributed by atoms with Crippen molar-refractivity contribution >= 4 is 0 Å². The van der Waals surface area contributed by atoms with Crippen LogP contribution in [0.5, 0.6) is 0 Å². The van der Waals surface area contributed by atoms with Gasteiger partial charge in [-0.2, -0.15) is 0 Å². The van der Waals surface area contributed by atoms with Crippen molar-refractivity contribution in [1.82, 2.24) is 0 Å². The number of aliphatic hydroxyl groups excluding tert-OH is 1. The van der Waals surface area contributed by atoms with Gasteiger partial charge in [0.05, 0.1) is 6.61 Å². The lowest BCUT2D eigenvalue weighted by Crippen LogP contribution is -2.14. The molecule has 0 fully saturated rings. The molecule has 1 aromatic carbocycles. The summed E-state index contributed by atoms with van der Waals surface area (Å²) in [5.74, 6) is -0.248. The first-order chi connectivity index (χ1) is 5.95. The van der Waals surface area contributed by atoms with Gasteiger partial charge in [0.1, 0.15) is 5.82 Å². The molecule has 0 aliphatic carbocycles. The summed E-state index contributed by atoms with van der Waals surface area (Å²) < 4.78 is 12.9. The molecule has 1 aromatic rings. The van der Waals surface area contributed by atoms with Gasteiger partial charge < -0.3 is 5.11 Å². The highest BCUT2D eigenvalue weighted by Crippen LogP contribution is 2.26. The van der Waals surface area contributed by atoms with Gasteiger partial charge in [0, 0.05) is 0 Å². The van der Waals surface area contributed by atoms with Crippen molar-refractivity contribution in [2.24, 2.45) is 0 Å². The Morgan fingerprint density at radius 3 is 2.38 bits per heavy atom. The molecule has 0 bridgehead atoms. The SMILES string of the molecule is CC(C)(C)c1cc(F)ccc1CO. The summed E-state index contributed by atoms with van der Waals surface area (Å²) in [6.45, 7) is 5.97. The van der Waals surface area contributed by atoms with E-state index in [-0.39, 0.29) is 17.8 Å². The summed E-state index contributed by atoms with van der Waals surface area (Å²) >= 11 is 0. The van der Waals surface area contributed by atoms with Crippen LogP contribution in [0.4, 0.5) is 4.39 Å². The molecule has 0 aromatic heterocycles. The van der Waals surface area contributed by atoms with Crippen molar-refractivity contribution in [1.29, 1.82) is 0 Å². The van der Waals surface area contributed by atoms with Gasteiger partial charge in [-0.3, -0.25) is 0 Å². The maximum absolute atomic E-state index is 12.9. The van der Waals surface area contributed by atoms with Gasteiger partial charge in [-0.1, -0.05) is 26.8 Å². The highest BCUT2D eigenvalue weighted by molar-refractivity contribution is 5.32. The minimum Gasteiger partial charge on any atom is -0.392 e. The summed E-state index contributed by atoms with van der Waals surface area (Å²) in [6.07, 6.45) is 0. The fourth-order valence-electron chi connectivity index (χ4n) is 1.38. The van der Waals surface area contributed by atoms with E-state index in [1.807, 2.05) is 20.8 Å². The second kappa shape index (κ2) is 3.46. The summed E-state index contributed by atoms with van der Waals surface area (Å²) in [6, 6.07) is 4.50. The molecule has 0 aliphatic rings. The van der Waals surface area contributed by atoms with Crippen LogP contribution in [0.3, 0.4) is 0 Å². The summed E-state index contributed by atoms with van der Waals surface area (Å²) in [4.78, 5) is 0. The van der Waals surface area contributed by atoms with Crippen LogP contribution in [0.15, 0.2) is 18.2 Å². The maximum Gasteiger partial charge on any atom is 0.123 e. The topological polar surface area (TPSA) is 20.2 Å². The van der Waals surface area contributed by atoms with Gasteiger partial charge in [0.25, 0.3) is 0 Å². The van der Waals surface area contributed by atoms with Gasteiger partial charge in [-0.05, 0) is 28.7 Å². The zero-order chi connectivity index (χ0) is 10.1. The third-order valence-electron chi connectivity index (χ3n) is 2.05. The second-order valence-corrected chi connectivity index (χ2v) is 4.21. The number of hydrogen-bond acceptors (Lipinski definition) is 1. The van der Waals surface area contributed by atoms with E-state index >= 15 is 0 Å². The minimum absolute atomic E-state index is 0.0348. The van der Waals surface area contributed by atoms with E-state index in [0.717, 1.165) is 11.1 Å². The van der Waals surface area contributed by atoms with Crippen LogP contribution in [0.25, 0.3) is 0 Å². The third-order valence-corrected chi connectivity index (χ3v) is 2.05. The van der Waals surface area contributed by atoms with Crippen molar-refractivity contribution < 1.29 is 9.50 Å². The lowest BCUT2D eigenvalue weighted by atomic mass is 9.84. The fraction of sp³-hybridized carbons (Fsp3) is 0.455. The average Bonchev–Trinajstić information content (AvgIpc) is 2.03. The van der Waals surface area contributed by atoms with Crippen molar-refractivity contribution in [2.75, 3.05) is 0 Å². The first kappa shape index (κ1) is 10.2. The number of rotatable bonds is 1. The summed E-state index contributed by atoms with van der Waals surface area (Å²) in [5, 5.41) is 9.05. The van der Waals surface area contributed by atoms with E-state index in [0.29, 0.717) is 0 Å². The number of hydrogen-bond donors (Lipinski definition) is 1. The molecule has 0 unspecified atom stereocenters. The van der Waals surface area contributed by atoms with E-state index < -0.39 is 0 Å². The normalized spacial score (nSPS) is 11.8. The van der Waals surface area contributed by atoms with Gasteiger partial charge in [-0.15, -0.1) is 0 Å². The second-order valence-electron chi connectivity index (χ2n) is 4.21. The lowest BCUT2D eigenvalue weighted by molar-refractivity contribution is 0.278. The molecule has 2 heteroatoms. The molecular weight excluding hydrogens is 167 g/mol. The fourth-order valence-corrected chi connectivity index (χ4v) is 1.38. The highest BCUT2D eigenvalue weighted by atomic mass is 19.1. The molecule has 13 heavy (non-hydrogen) atoms. The predicted molar refractivity (Wildman–Crippen MR) is 51.0 cm³/mol. The molecule has 1 N–H and O–H groups in total. The van der Waals surface area contributed by atoms with Crippen LogP contribution in [0, 0.1) is 5.82 Å². The molecule has 0 radical (unpaired) electrons. The Bertz CT molecular complexity index is 299. The predicted octanol–water partition coefficient (Wildman–Crippen LogP) is 2.62. The Balaban J connectivity index is 3.24. The Morgan fingerprint density at radius 2 is 1.92 bits per heavy atom. The van der Waals surface area contributed by atoms with Crippen LogP contribution in [0.1, 0.15) is 31.9 Å². The lowest BCUT2D eigenvalue weighted by Gasteiger charge is -2.22. The Hall–Kier alpha value is -0.890. The number of halogens is 1. The van der Waals surface area contributed by atoms with Crippen LogP contribution in [-0.2, 0) is 12.0 Å². The van der Waals surface area contributed by atoms with Gasteiger partial charge in [0.2, 0.25) is 0 Å². The summed E-state index contributed by atoms with van der Waals surface area (Å²) in [7, 11) is 0. The standard InChI is InChI=1S/C11H15FO/c1-11(2,3)10-6-9(12)5-4-8(10)7-13/h4-6,13H,7H2,1-3H3. The maximum atomic E-state index is 12.9. The first-order valence-electron chi connectivity index (χ1n) is 4.35. The molecule has 72 valence electrons. The molecule has 0 spiro atoms. The monoisotopic (exact) mass is 182 g/mol. The van der Waals surface area contributed by atoms with E-state index in [9.17, 15) is 4.39 Å². The number of aliphatic hydroxyl groups is 1. The zero-order valence-corrected chi connectivity index (χ0v) is 8.26. The molecule has 0 amide bonds. The average molecular weight is 182 g/mol. The van der Waals surface area contributed by atoms with E-state index in [4.69, 9.17) is 5.11 Å². The molecule has 0 atom stereocenters. The van der Waals surface area contributed by atoms with Gasteiger partial charge in [-0.25, -0.2) is 4.39 Å². The molecular formula is C11H15FO. The van der Waals surface area contributed by atoms with Crippen molar-refractivity contribution in [3.8, 4) is 0 Å². The quantitative estimate of drug-likeness (QED) is 0.707.